The van der Waals surface area contributed by atoms with Crippen LogP contribution in [0.2, 0.25) is 0 Å². The maximum absolute atomic E-state index is 2.66. The van der Waals surface area contributed by atoms with Gasteiger partial charge in [-0.15, -0.1) is 30.2 Å². The van der Waals surface area contributed by atoms with Crippen LogP contribution in [0, 0.1) is 23.7 Å². The Labute approximate surface area is 313 Å². The van der Waals surface area contributed by atoms with Crippen LogP contribution < -0.4 is 0 Å². The van der Waals surface area contributed by atoms with E-state index in [9.17, 15) is 0 Å². The van der Waals surface area contributed by atoms with E-state index in [0.717, 1.165) is 29.3 Å². The van der Waals surface area contributed by atoms with Gasteiger partial charge in [-0.1, -0.05) is 142 Å². The van der Waals surface area contributed by atoms with Crippen molar-refractivity contribution in [3.63, 3.8) is 0 Å². The monoisotopic (exact) mass is 732 g/mol. The summed E-state index contributed by atoms with van der Waals surface area (Å²) >= 11 is 0. The topological polar surface area (TPSA) is 0 Å². The predicted molar refractivity (Wildman–Crippen MR) is 216 cm³/mol. The van der Waals surface area contributed by atoms with Crippen LogP contribution in [-0.4, -0.2) is 21.1 Å². The Hall–Kier alpha value is -1.48. The van der Waals surface area contributed by atoms with Crippen LogP contribution in [-0.2, 0) is 29.4 Å². The van der Waals surface area contributed by atoms with E-state index in [4.69, 9.17) is 0 Å². The second-order valence-electron chi connectivity index (χ2n) is 18.3. The summed E-state index contributed by atoms with van der Waals surface area (Å²) in [4.78, 5) is 0. The molecule has 4 bridgehead atoms. The Bertz CT molecular complexity index is 1520. The Balaban J connectivity index is 0.000000717. The molecule has 4 aliphatic rings. The molecule has 0 saturated heterocycles. The zero-order chi connectivity index (χ0) is 34.3. The zero-order valence-corrected chi connectivity index (χ0v) is 34.7. The molecule has 1 atom stereocenters. The van der Waals surface area contributed by atoms with E-state index in [2.05, 4.69) is 129 Å². The number of hydrogen-bond acceptors (Lipinski definition) is 0. The first kappa shape index (κ1) is 38.7. The third-order valence-electron chi connectivity index (χ3n) is 11.7. The Kier molecular flexibility index (Phi) is 12.4. The van der Waals surface area contributed by atoms with E-state index < -0.39 is 0 Å². The molecule has 49 heavy (non-hydrogen) atoms. The molecule has 270 valence electrons. The number of benzene rings is 2. The van der Waals surface area contributed by atoms with Gasteiger partial charge in [0.2, 0.25) is 0 Å². The van der Waals surface area contributed by atoms with Gasteiger partial charge in [0, 0.05) is 17.1 Å². The van der Waals surface area contributed by atoms with Gasteiger partial charge >= 0.3 is 0 Å². The largest absolute Gasteiger partial charge is 0.748 e. The van der Waals surface area contributed by atoms with Crippen molar-refractivity contribution < 1.29 is 17.1 Å². The minimum Gasteiger partial charge on any atom is -0.748 e. The van der Waals surface area contributed by atoms with Crippen LogP contribution in [0.15, 0.2) is 97.1 Å². The van der Waals surface area contributed by atoms with Crippen LogP contribution in [0.1, 0.15) is 106 Å². The molecule has 0 amide bonds. The average molecular weight is 733 g/mol. The van der Waals surface area contributed by atoms with Gasteiger partial charge in [0.1, 0.15) is 0 Å². The van der Waals surface area contributed by atoms with E-state index in [0.29, 0.717) is 15.5 Å². The molecule has 0 N–H and O–H groups in total. The van der Waals surface area contributed by atoms with Gasteiger partial charge in [-0.3, -0.25) is 0 Å². The Morgan fingerprint density at radius 2 is 1.06 bits per heavy atom. The van der Waals surface area contributed by atoms with Gasteiger partial charge in [-0.25, -0.2) is 0 Å². The van der Waals surface area contributed by atoms with Gasteiger partial charge in [0.25, 0.3) is 0 Å². The summed E-state index contributed by atoms with van der Waals surface area (Å²) < 4.78 is 0. The second-order valence-corrected chi connectivity index (χ2v) is 25.3. The molecule has 0 nitrogen and oxygen atoms in total. The molecule has 3 heteroatoms. The fourth-order valence-corrected chi connectivity index (χ4v) is 17.5. The maximum Gasteiger partial charge on any atom is 0 e. The normalized spacial score (nSPS) is 23.9. The van der Waals surface area contributed by atoms with E-state index in [-0.39, 0.29) is 32.9 Å². The van der Waals surface area contributed by atoms with Gasteiger partial charge in [0.05, 0.1) is 0 Å². The quantitative estimate of drug-likeness (QED) is 0.101. The van der Waals surface area contributed by atoms with Gasteiger partial charge in [0.15, 0.2) is 0 Å². The third-order valence-corrected chi connectivity index (χ3v) is 19.5. The van der Waals surface area contributed by atoms with Crippen molar-refractivity contribution in [3.8, 4) is 22.3 Å². The predicted octanol–water partition coefficient (Wildman–Crippen LogP) is 14.3. The molecule has 4 aromatic carbocycles. The maximum atomic E-state index is 2.66. The van der Waals surface area contributed by atoms with Crippen LogP contribution in [0.25, 0.3) is 22.3 Å². The van der Waals surface area contributed by atoms with Crippen molar-refractivity contribution in [3.05, 3.63) is 108 Å². The SMILES string of the molecule is CC(C)(C)P(C[c-]1c(CP(C(C)(C)C)C(C)(C)C)cc(-c2ccccc2)c1-c1ccccc1)C1C2CC3CC(C2)CC1C3.[Fe].[cH-]1[cH-][cH-][cH-][cH-]1. The molecule has 1 unspecified atom stereocenters. The van der Waals surface area contributed by atoms with Gasteiger partial charge < -0.3 is 30.3 Å². The van der Waals surface area contributed by atoms with Crippen molar-refractivity contribution in [1.82, 2.24) is 0 Å². The molecule has 0 aromatic heterocycles. The molecule has 4 fully saturated rings. The van der Waals surface area contributed by atoms with Crippen LogP contribution >= 0.6 is 15.8 Å². The fourth-order valence-electron chi connectivity index (χ4n) is 10.1. The van der Waals surface area contributed by atoms with Crippen molar-refractivity contribution >= 4 is 15.8 Å². The van der Waals surface area contributed by atoms with E-state index in [1.165, 1.54) is 54.7 Å². The van der Waals surface area contributed by atoms with Gasteiger partial charge in [-0.2, -0.15) is 6.07 Å². The smallest absolute Gasteiger partial charge is 0 e. The molecule has 0 aliphatic heterocycles. The first-order chi connectivity index (χ1) is 22.7. The summed E-state index contributed by atoms with van der Waals surface area (Å²) in [5.74, 6) is 4.04. The minimum atomic E-state index is -0.242. The molecule has 4 aliphatic carbocycles. The molecule has 4 aromatic rings. The average Bonchev–Trinajstić information content (AvgIpc) is 3.71. The Morgan fingerprint density at radius 3 is 1.49 bits per heavy atom. The third kappa shape index (κ3) is 8.95. The van der Waals surface area contributed by atoms with Crippen molar-refractivity contribution in [1.29, 1.82) is 0 Å². The summed E-state index contributed by atoms with van der Waals surface area (Å²) in [6.45, 7) is 22.8. The van der Waals surface area contributed by atoms with Gasteiger partial charge in [-0.05, 0) is 89.2 Å². The van der Waals surface area contributed by atoms with E-state index >= 15 is 0 Å². The zero-order valence-electron chi connectivity index (χ0n) is 31.8. The molecule has 0 heterocycles. The number of rotatable bonds is 7. The standard InChI is InChI=1S/C41H57P2.C5H5.Fe/c1-39(2,3)42(38-32-21-28-20-29(23-32)24-33(38)22-28)27-36-34(26-43(40(4,5)6)41(7,8)9)25-35(30-16-12-10-13-17-30)37(36)31-18-14-11-15-19-31;1-2-4-5-3-1;/h10-19,25,28-29,32-33,38H,20-24,26-27H2,1-9H3;1-5H;/q-1;-5;. The van der Waals surface area contributed by atoms with Crippen molar-refractivity contribution in [2.75, 3.05) is 0 Å². The molecule has 4 saturated carbocycles. The first-order valence-electron chi connectivity index (χ1n) is 18.8. The fraction of sp³-hybridized carbons (Fsp3) is 0.522. The summed E-state index contributed by atoms with van der Waals surface area (Å²) in [5.41, 5.74) is 10.1. The molecule has 8 rings (SSSR count). The first-order valence-corrected chi connectivity index (χ1v) is 22.0. The summed E-state index contributed by atoms with van der Waals surface area (Å²) in [6.07, 6.45) is 10.2. The number of hydrogen-bond donors (Lipinski definition) is 0. The molecule has 0 spiro atoms. The summed E-state index contributed by atoms with van der Waals surface area (Å²) in [7, 11) is -0.422. The summed E-state index contributed by atoms with van der Waals surface area (Å²) in [5, 5.41) is 0.958. The molecular formula is C46H62FeP2-6. The van der Waals surface area contributed by atoms with Crippen LogP contribution in [0.5, 0.6) is 0 Å². The van der Waals surface area contributed by atoms with Crippen molar-refractivity contribution in [2.24, 2.45) is 23.7 Å². The summed E-state index contributed by atoms with van der Waals surface area (Å²) in [6, 6.07) is 35.4. The van der Waals surface area contributed by atoms with E-state index in [1.807, 2.05) is 30.3 Å². The van der Waals surface area contributed by atoms with E-state index in [1.54, 1.807) is 23.1 Å². The van der Waals surface area contributed by atoms with Crippen LogP contribution in [0.3, 0.4) is 0 Å². The van der Waals surface area contributed by atoms with Crippen LogP contribution in [0.4, 0.5) is 0 Å². The molecular weight excluding hydrogens is 670 g/mol. The second kappa shape index (κ2) is 15.6. The minimum absolute atomic E-state index is 0. The van der Waals surface area contributed by atoms with Crippen molar-refractivity contribution in [2.45, 2.75) is 128 Å². The Morgan fingerprint density at radius 1 is 0.612 bits per heavy atom. The molecule has 0 radical (unpaired) electrons.